The van der Waals surface area contributed by atoms with Crippen molar-refractivity contribution < 1.29 is 102 Å². The largest absolute Gasteiger partial charge is 4.00 e. The molecule has 0 aliphatic heterocycles. The van der Waals surface area contributed by atoms with Crippen LogP contribution < -0.4 is 39.1 Å². The van der Waals surface area contributed by atoms with Crippen molar-refractivity contribution in [3.8, 4) is 0 Å². The third-order valence-electron chi connectivity index (χ3n) is 5.47. The molecule has 0 fully saturated rings. The van der Waals surface area contributed by atoms with Crippen LogP contribution in [0.3, 0.4) is 0 Å². The van der Waals surface area contributed by atoms with Gasteiger partial charge in [0.15, 0.2) is 0 Å². The smallest absolute Gasteiger partial charge is 0.854 e. The Balaban J connectivity index is -0.000000110. The van der Waals surface area contributed by atoms with E-state index in [-0.39, 0.29) is 63.2 Å². The Bertz CT molecular complexity index is 952. The zero-order valence-electron chi connectivity index (χ0n) is 35.8. The van der Waals surface area contributed by atoms with Gasteiger partial charge in [0.05, 0.1) is 0 Å². The second kappa shape index (κ2) is 38.4. The van der Waals surface area contributed by atoms with Gasteiger partial charge < -0.3 is 111 Å². The first-order chi connectivity index (χ1) is 22.9. The summed E-state index contributed by atoms with van der Waals surface area (Å²) in [4.78, 5) is 90.1. The van der Waals surface area contributed by atoms with E-state index in [1.807, 2.05) is 111 Å². The summed E-state index contributed by atoms with van der Waals surface area (Å²) in [7, 11) is -2.35. The molecule has 8 nitrogen and oxygen atoms in total. The van der Waals surface area contributed by atoms with Gasteiger partial charge in [-0.05, 0) is 93.4 Å². The Morgan fingerprint density at radius 1 is 0.273 bits per heavy atom. The van der Waals surface area contributed by atoms with Crippen LogP contribution in [-0.2, 0) is 152 Å². The Hall–Kier alpha value is 6.26. The molecule has 0 aliphatic carbocycles. The van der Waals surface area contributed by atoms with Gasteiger partial charge in [-0.3, -0.25) is 0 Å². The average molecular weight is 1250 g/mol. The fourth-order valence-electron chi connectivity index (χ4n) is 4.08. The van der Waals surface area contributed by atoms with Gasteiger partial charge in [-0.2, -0.15) is 0 Å². The van der Waals surface area contributed by atoms with Crippen molar-refractivity contribution in [1.29, 1.82) is 0 Å². The maximum Gasteiger partial charge on any atom is 4.00 e. The maximum atomic E-state index is 11.3. The van der Waals surface area contributed by atoms with E-state index >= 15 is 0 Å². The summed E-state index contributed by atoms with van der Waals surface area (Å²) in [6, 6.07) is 0. The van der Waals surface area contributed by atoms with Crippen molar-refractivity contribution >= 4 is 112 Å². The Kier molecular flexibility index (Phi) is 52.7. The quantitative estimate of drug-likeness (QED) is 0.125. The molecule has 0 aromatic heterocycles. The minimum absolute atomic E-state index is 0. The molecule has 0 saturated heterocycles. The van der Waals surface area contributed by atoms with E-state index in [0.717, 1.165) is 46.0 Å². The predicted octanol–water partition coefficient (Wildman–Crippen LogP) is 3.44. The Morgan fingerprint density at radius 2 is 0.345 bits per heavy atom. The van der Waals surface area contributed by atoms with Crippen LogP contribution in [0.1, 0.15) is 111 Å². The van der Waals surface area contributed by atoms with Gasteiger partial charge in [-0.25, -0.2) is 40.3 Å². The summed E-state index contributed by atoms with van der Waals surface area (Å²) >= 11 is 18.2. The minimum atomic E-state index is -3.52. The molecule has 334 valence electrons. The Labute approximate surface area is 413 Å². The third-order valence-corrected chi connectivity index (χ3v) is 35.2. The molecule has 0 saturated carbocycles. The van der Waals surface area contributed by atoms with Crippen molar-refractivity contribution in [2.24, 2.45) is 47.3 Å². The Morgan fingerprint density at radius 3 is 0.382 bits per heavy atom. The van der Waals surface area contributed by atoms with Crippen LogP contribution in [0.25, 0.3) is 0 Å². The maximum absolute atomic E-state index is 11.3. The molecule has 0 N–H and O–H groups in total. The van der Waals surface area contributed by atoms with E-state index in [4.69, 9.17) is 0 Å². The molecule has 55 heavy (non-hydrogen) atoms. The van der Waals surface area contributed by atoms with Crippen LogP contribution >= 0.6 is 22.8 Å². The van der Waals surface area contributed by atoms with E-state index in [1.54, 1.807) is 0 Å². The molecular weight excluding hydrogens is 1180 g/mol. The van der Waals surface area contributed by atoms with Crippen molar-refractivity contribution in [3.63, 3.8) is 0 Å². The summed E-state index contributed by atoms with van der Waals surface area (Å²) < 4.78 is 0. The van der Waals surface area contributed by atoms with Crippen molar-refractivity contribution in [3.05, 3.63) is 0 Å². The molecule has 0 amide bonds. The van der Waals surface area contributed by atoms with E-state index in [2.05, 4.69) is 49.0 Å². The van der Waals surface area contributed by atoms with Crippen molar-refractivity contribution in [1.82, 2.24) is 0 Å². The van der Waals surface area contributed by atoms with Gasteiger partial charge in [0.25, 0.3) is 0 Å². The van der Waals surface area contributed by atoms with Crippen LogP contribution in [-0.4, -0.2) is 46.0 Å². The SMILES string of the molecule is CC(C)CS(CC(C)C)=P([O-])([O-])[S-].CC(C)CS(CC(C)C)=P([O-])([O-])[S-].CC(C)CS(CC(C)C)=P([O-])([O-])[S-].CC(C)CS(CC(C)C)=P([O-])([O-])[S-].[Mo+4].[Mo+4].[Mo+4]. The topological polar surface area (TPSA) is 184 Å². The van der Waals surface area contributed by atoms with Crippen LogP contribution in [0.2, 0.25) is 0 Å². The summed E-state index contributed by atoms with van der Waals surface area (Å²) in [5, 5.41) is 0. The van der Waals surface area contributed by atoms with Gasteiger partial charge in [0.1, 0.15) is 0 Å². The number of rotatable bonds is 16. The first-order valence-corrected chi connectivity index (χ1v) is 37.0. The fourth-order valence-corrected chi connectivity index (χ4v) is 28.2. The summed E-state index contributed by atoms with van der Waals surface area (Å²) in [6.07, 6.45) is 0. The zero-order chi connectivity index (χ0) is 42.6. The van der Waals surface area contributed by atoms with Gasteiger partial charge in [0, 0.05) is 0 Å². The first kappa shape index (κ1) is 75.6. The van der Waals surface area contributed by atoms with Gasteiger partial charge in [0.2, 0.25) is 0 Å². The van der Waals surface area contributed by atoms with Gasteiger partial charge >= 0.3 is 63.2 Å². The number of hydrogen-bond donors (Lipinski definition) is 0. The molecular formula is C32H72Mo3O8P4S8. The normalized spacial score (nSPS) is 12.7. The second-order valence-corrected chi connectivity index (χ2v) is 46.6. The van der Waals surface area contributed by atoms with Crippen molar-refractivity contribution in [2.45, 2.75) is 111 Å². The summed E-state index contributed by atoms with van der Waals surface area (Å²) in [5.74, 6) is 9.07. The molecule has 0 aromatic rings. The molecule has 0 radical (unpaired) electrons. The molecule has 0 bridgehead atoms. The van der Waals surface area contributed by atoms with E-state index in [9.17, 15) is 39.1 Å². The predicted molar refractivity (Wildman–Crippen MR) is 244 cm³/mol. The molecule has 0 atom stereocenters. The molecule has 23 heteroatoms. The van der Waals surface area contributed by atoms with Crippen LogP contribution in [0, 0.1) is 47.3 Å². The second-order valence-electron chi connectivity index (χ2n) is 16.1. The van der Waals surface area contributed by atoms with Gasteiger partial charge in [-0.15, -0.1) is 0 Å². The summed E-state index contributed by atoms with van der Waals surface area (Å²) in [6.45, 7) is 32.5. The minimum Gasteiger partial charge on any atom is -0.854 e. The molecule has 0 heterocycles. The molecule has 0 aliphatic rings. The van der Waals surface area contributed by atoms with E-state index in [0.29, 0.717) is 47.3 Å². The van der Waals surface area contributed by atoms with E-state index < -0.39 is 63.1 Å². The monoisotopic (exact) mass is 1260 g/mol. The molecule has 0 unspecified atom stereocenters. The van der Waals surface area contributed by atoms with Crippen LogP contribution in [0.4, 0.5) is 0 Å². The first-order valence-electron chi connectivity index (χ1n) is 17.7. The van der Waals surface area contributed by atoms with Gasteiger partial charge in [-0.1, -0.05) is 111 Å². The summed E-state index contributed by atoms with van der Waals surface area (Å²) in [5.41, 5.74) is -14.1. The number of hydrogen-bond acceptors (Lipinski definition) is 12. The fraction of sp³-hybridized carbons (Fsp3) is 1.00. The molecule has 0 aromatic carbocycles. The van der Waals surface area contributed by atoms with E-state index in [1.165, 1.54) is 0 Å². The molecule has 0 rings (SSSR count). The average Bonchev–Trinajstić information content (AvgIpc) is 2.84. The zero-order valence-corrected chi connectivity index (χ0v) is 52.0. The van der Waals surface area contributed by atoms with Crippen LogP contribution in [0.5, 0.6) is 0 Å². The van der Waals surface area contributed by atoms with Crippen LogP contribution in [0.15, 0.2) is 0 Å². The third kappa shape index (κ3) is 52.8. The van der Waals surface area contributed by atoms with Crippen molar-refractivity contribution in [2.75, 3.05) is 46.0 Å². The molecule has 0 spiro atoms. The standard InChI is InChI=1S/4C8H18O2PS2.3Mo/c4*1-7(2)5-13(6-8(3)4)11(9,10)12;;;/h4*7-8H,5-6H2,1-4H3;;;/q4*-3;3*+4.